The Labute approximate surface area is 122 Å². The molecule has 19 heavy (non-hydrogen) atoms. The number of likely N-dealkylation sites (N-methyl/N-ethyl adjacent to an activating group) is 2. The van der Waals surface area contributed by atoms with Gasteiger partial charge in [0.25, 0.3) is 0 Å². The monoisotopic (exact) mass is 328 g/mol. The highest BCUT2D eigenvalue weighted by Gasteiger charge is 2.29. The molecular formula is C13H21BrN4O. The maximum absolute atomic E-state index is 12.5. The Morgan fingerprint density at radius 2 is 2.05 bits per heavy atom. The van der Waals surface area contributed by atoms with Gasteiger partial charge in [-0.15, -0.1) is 0 Å². The molecule has 0 aliphatic carbocycles. The van der Waals surface area contributed by atoms with Crippen LogP contribution in [0.1, 0.15) is 11.4 Å². The number of nitrogens with zero attached hydrogens (tertiary/aromatic N) is 4. The minimum Gasteiger partial charge on any atom is -0.303 e. The molecule has 106 valence electrons. The Balaban J connectivity index is 2.12. The number of aryl methyl sites for hydroxylation is 2. The number of hydrogen-bond donors (Lipinski definition) is 0. The van der Waals surface area contributed by atoms with Gasteiger partial charge >= 0.3 is 0 Å². The summed E-state index contributed by atoms with van der Waals surface area (Å²) in [6, 6.07) is -0.0131. The summed E-state index contributed by atoms with van der Waals surface area (Å²) in [7, 11) is 5.98. The second-order valence-corrected chi connectivity index (χ2v) is 6.16. The second kappa shape index (κ2) is 5.73. The smallest absolute Gasteiger partial charge is 0.157 e. The zero-order valence-electron chi connectivity index (χ0n) is 12.0. The van der Waals surface area contributed by atoms with Crippen molar-refractivity contribution in [3.05, 3.63) is 15.9 Å². The molecule has 6 heteroatoms. The third-order valence-corrected chi connectivity index (χ3v) is 4.86. The average Bonchev–Trinajstić information content (AvgIpc) is 2.59. The largest absolute Gasteiger partial charge is 0.303 e. The number of halogens is 1. The zero-order valence-corrected chi connectivity index (χ0v) is 13.6. The molecule has 1 aliphatic heterocycles. The predicted octanol–water partition coefficient (Wildman–Crippen LogP) is 0.848. The van der Waals surface area contributed by atoms with E-state index in [1.807, 2.05) is 21.0 Å². The lowest BCUT2D eigenvalue weighted by Crippen LogP contribution is -2.54. The molecule has 1 aromatic heterocycles. The number of hydrogen-bond acceptors (Lipinski definition) is 4. The van der Waals surface area contributed by atoms with Crippen LogP contribution in [-0.2, 0) is 18.3 Å². The van der Waals surface area contributed by atoms with Crippen molar-refractivity contribution in [1.29, 1.82) is 0 Å². The van der Waals surface area contributed by atoms with Crippen LogP contribution in [0.4, 0.5) is 0 Å². The molecule has 0 saturated carbocycles. The Hall–Kier alpha value is -0.720. The van der Waals surface area contributed by atoms with Crippen LogP contribution in [0.5, 0.6) is 0 Å². The number of ketones is 1. The van der Waals surface area contributed by atoms with Crippen molar-refractivity contribution in [2.24, 2.45) is 7.05 Å². The van der Waals surface area contributed by atoms with Crippen LogP contribution in [0.25, 0.3) is 0 Å². The third-order valence-electron chi connectivity index (χ3n) is 3.83. The van der Waals surface area contributed by atoms with Crippen LogP contribution in [-0.4, -0.2) is 65.1 Å². The number of carbonyl (C=O) groups is 1. The fourth-order valence-corrected chi connectivity index (χ4v) is 2.99. The van der Waals surface area contributed by atoms with Gasteiger partial charge in [0.1, 0.15) is 0 Å². The molecule has 1 unspecified atom stereocenters. The first-order valence-corrected chi connectivity index (χ1v) is 7.29. The maximum atomic E-state index is 12.5. The lowest BCUT2D eigenvalue weighted by atomic mass is 10.0. The molecule has 0 radical (unpaired) electrons. The van der Waals surface area contributed by atoms with E-state index in [2.05, 4.69) is 37.9 Å². The van der Waals surface area contributed by atoms with E-state index in [0.717, 1.165) is 35.5 Å². The van der Waals surface area contributed by atoms with Crippen molar-refractivity contribution in [1.82, 2.24) is 19.6 Å². The van der Waals surface area contributed by atoms with Crippen molar-refractivity contribution in [3.63, 3.8) is 0 Å². The van der Waals surface area contributed by atoms with E-state index in [1.54, 1.807) is 4.68 Å². The van der Waals surface area contributed by atoms with E-state index in [-0.39, 0.29) is 11.8 Å². The van der Waals surface area contributed by atoms with E-state index in [1.165, 1.54) is 0 Å². The van der Waals surface area contributed by atoms with Gasteiger partial charge < -0.3 is 4.90 Å². The second-order valence-electron chi connectivity index (χ2n) is 5.37. The molecule has 0 amide bonds. The third kappa shape index (κ3) is 3.07. The van der Waals surface area contributed by atoms with Crippen molar-refractivity contribution >= 4 is 21.7 Å². The molecule has 2 heterocycles. The fraction of sp³-hybridized carbons (Fsp3) is 0.692. The van der Waals surface area contributed by atoms with Crippen LogP contribution in [0.3, 0.4) is 0 Å². The molecule has 0 aromatic carbocycles. The lowest BCUT2D eigenvalue weighted by Gasteiger charge is -2.36. The standard InChI is InChI=1S/C13H21BrN4O/c1-9-13(14)10(18(4)15-9)7-12(19)11-8-16(2)5-6-17(11)3/h11H,5-8H2,1-4H3. The quantitative estimate of drug-likeness (QED) is 0.824. The average molecular weight is 329 g/mol. The van der Waals surface area contributed by atoms with Gasteiger partial charge in [-0.05, 0) is 36.9 Å². The van der Waals surface area contributed by atoms with Gasteiger partial charge in [-0.2, -0.15) is 5.10 Å². The summed E-state index contributed by atoms with van der Waals surface area (Å²) < 4.78 is 2.75. The van der Waals surface area contributed by atoms with Gasteiger partial charge in [-0.1, -0.05) is 0 Å². The van der Waals surface area contributed by atoms with Gasteiger partial charge in [0.05, 0.1) is 28.3 Å². The van der Waals surface area contributed by atoms with Crippen LogP contribution >= 0.6 is 15.9 Å². The van der Waals surface area contributed by atoms with Gasteiger partial charge in [0.2, 0.25) is 0 Å². The molecule has 2 rings (SSSR count). The van der Waals surface area contributed by atoms with Crippen LogP contribution < -0.4 is 0 Å². The topological polar surface area (TPSA) is 41.4 Å². The van der Waals surface area contributed by atoms with Gasteiger partial charge in [0, 0.05) is 26.7 Å². The number of Topliss-reactive ketones (excluding diaryl/α,β-unsaturated/α-hetero) is 1. The van der Waals surface area contributed by atoms with Crippen molar-refractivity contribution in [2.45, 2.75) is 19.4 Å². The first-order chi connectivity index (χ1) is 8.90. The number of piperazine rings is 1. The molecule has 1 aliphatic rings. The summed E-state index contributed by atoms with van der Waals surface area (Å²) >= 11 is 3.52. The zero-order chi connectivity index (χ0) is 14.2. The Morgan fingerprint density at radius 1 is 1.37 bits per heavy atom. The highest BCUT2D eigenvalue weighted by Crippen LogP contribution is 2.22. The van der Waals surface area contributed by atoms with Crippen molar-refractivity contribution in [2.75, 3.05) is 33.7 Å². The maximum Gasteiger partial charge on any atom is 0.157 e. The molecule has 0 N–H and O–H groups in total. The molecule has 0 spiro atoms. The summed E-state index contributed by atoms with van der Waals surface area (Å²) in [6.07, 6.45) is 0.431. The molecule has 1 atom stereocenters. The summed E-state index contributed by atoms with van der Waals surface area (Å²) in [5, 5.41) is 4.34. The Morgan fingerprint density at radius 3 is 2.63 bits per heavy atom. The molecular weight excluding hydrogens is 308 g/mol. The minimum absolute atomic E-state index is 0.0131. The molecule has 5 nitrogen and oxygen atoms in total. The molecule has 1 saturated heterocycles. The SMILES string of the molecule is Cc1nn(C)c(CC(=O)C2CN(C)CCN2C)c1Br. The molecule has 1 fully saturated rings. The highest BCUT2D eigenvalue weighted by atomic mass is 79.9. The summed E-state index contributed by atoms with van der Waals surface area (Å²) in [4.78, 5) is 16.9. The summed E-state index contributed by atoms with van der Waals surface area (Å²) in [6.45, 7) is 4.72. The number of rotatable bonds is 3. The van der Waals surface area contributed by atoms with Crippen LogP contribution in [0.15, 0.2) is 4.47 Å². The van der Waals surface area contributed by atoms with Gasteiger partial charge in [-0.25, -0.2) is 0 Å². The van der Waals surface area contributed by atoms with Gasteiger partial charge in [0.15, 0.2) is 5.78 Å². The normalized spacial score (nSPS) is 21.8. The van der Waals surface area contributed by atoms with Crippen LogP contribution in [0.2, 0.25) is 0 Å². The van der Waals surface area contributed by atoms with E-state index in [9.17, 15) is 4.79 Å². The molecule has 0 bridgehead atoms. The van der Waals surface area contributed by atoms with E-state index >= 15 is 0 Å². The first kappa shape index (κ1) is 14.7. The lowest BCUT2D eigenvalue weighted by molar-refractivity contribution is -0.125. The minimum atomic E-state index is -0.0131. The Bertz CT molecular complexity index is 485. The highest BCUT2D eigenvalue weighted by molar-refractivity contribution is 9.10. The number of carbonyl (C=O) groups excluding carboxylic acids is 1. The van der Waals surface area contributed by atoms with E-state index < -0.39 is 0 Å². The van der Waals surface area contributed by atoms with E-state index in [0.29, 0.717) is 6.42 Å². The van der Waals surface area contributed by atoms with E-state index in [4.69, 9.17) is 0 Å². The van der Waals surface area contributed by atoms with Crippen molar-refractivity contribution in [3.8, 4) is 0 Å². The van der Waals surface area contributed by atoms with Crippen LogP contribution in [0, 0.1) is 6.92 Å². The first-order valence-electron chi connectivity index (χ1n) is 6.49. The molecule has 1 aromatic rings. The predicted molar refractivity (Wildman–Crippen MR) is 78.3 cm³/mol. The summed E-state index contributed by atoms with van der Waals surface area (Å²) in [5.41, 5.74) is 1.89. The Kier molecular flexibility index (Phi) is 4.43. The van der Waals surface area contributed by atoms with Gasteiger partial charge in [-0.3, -0.25) is 14.4 Å². The fourth-order valence-electron chi connectivity index (χ4n) is 2.51. The van der Waals surface area contributed by atoms with Crippen molar-refractivity contribution < 1.29 is 4.79 Å². The summed E-state index contributed by atoms with van der Waals surface area (Å²) in [5.74, 6) is 0.262. The number of aromatic nitrogens is 2.